The van der Waals surface area contributed by atoms with Crippen LogP contribution in [0.4, 0.5) is 5.82 Å². The molecular weight excluding hydrogens is 326 g/mol. The molecule has 26 heavy (non-hydrogen) atoms. The van der Waals surface area contributed by atoms with Gasteiger partial charge in [0.25, 0.3) is 0 Å². The van der Waals surface area contributed by atoms with Crippen LogP contribution in [0.25, 0.3) is 0 Å². The normalized spacial score (nSPS) is 21.8. The summed E-state index contributed by atoms with van der Waals surface area (Å²) in [6.07, 6.45) is 6.47. The van der Waals surface area contributed by atoms with E-state index >= 15 is 0 Å². The van der Waals surface area contributed by atoms with Gasteiger partial charge in [-0.25, -0.2) is 9.97 Å². The first-order chi connectivity index (χ1) is 12.7. The molecule has 138 valence electrons. The fourth-order valence-electron chi connectivity index (χ4n) is 3.92. The van der Waals surface area contributed by atoms with Crippen molar-refractivity contribution in [1.29, 1.82) is 0 Å². The van der Waals surface area contributed by atoms with Crippen molar-refractivity contribution in [2.75, 3.05) is 31.1 Å². The molecule has 0 atom stereocenters. The molecule has 2 aliphatic carbocycles. The second-order valence-electron chi connectivity index (χ2n) is 8.11. The third-order valence-electron chi connectivity index (χ3n) is 5.97. The van der Waals surface area contributed by atoms with E-state index in [0.29, 0.717) is 11.8 Å². The summed E-state index contributed by atoms with van der Waals surface area (Å²) < 4.78 is 5.36. The lowest BCUT2D eigenvalue weighted by atomic mass is 9.83. The molecule has 2 saturated carbocycles. The molecule has 3 heterocycles. The van der Waals surface area contributed by atoms with Gasteiger partial charge in [0.2, 0.25) is 0 Å². The Hall–Kier alpha value is -1.95. The molecule has 5 rings (SSSR count). The van der Waals surface area contributed by atoms with Crippen molar-refractivity contribution in [3.63, 3.8) is 0 Å². The van der Waals surface area contributed by atoms with Gasteiger partial charge in [-0.05, 0) is 32.6 Å². The minimum Gasteiger partial charge on any atom is -0.360 e. The summed E-state index contributed by atoms with van der Waals surface area (Å²) in [7, 11) is 0. The fraction of sp³-hybridized carbons (Fsp3) is 0.650. The molecule has 1 aliphatic heterocycles. The summed E-state index contributed by atoms with van der Waals surface area (Å²) in [5, 5.41) is 3.99. The van der Waals surface area contributed by atoms with Crippen molar-refractivity contribution in [2.45, 2.75) is 57.4 Å². The van der Waals surface area contributed by atoms with Crippen molar-refractivity contribution >= 4 is 5.82 Å². The molecule has 0 amide bonds. The Labute approximate surface area is 154 Å². The molecule has 2 aromatic rings. The van der Waals surface area contributed by atoms with Crippen LogP contribution in [0.15, 0.2) is 16.7 Å². The maximum Gasteiger partial charge on any atom is 0.150 e. The largest absolute Gasteiger partial charge is 0.360 e. The SMILES string of the molecule is Cc1cc(CN2CCN(c3cc(C4CCC4)nc(C4CC4)n3)CC2)on1. The van der Waals surface area contributed by atoms with Gasteiger partial charge >= 0.3 is 0 Å². The summed E-state index contributed by atoms with van der Waals surface area (Å²) in [5.41, 5.74) is 2.25. The highest BCUT2D eigenvalue weighted by Gasteiger charge is 2.31. The fourth-order valence-corrected chi connectivity index (χ4v) is 3.92. The van der Waals surface area contributed by atoms with E-state index in [2.05, 4.69) is 21.0 Å². The maximum atomic E-state index is 5.36. The van der Waals surface area contributed by atoms with E-state index in [-0.39, 0.29) is 0 Å². The minimum atomic E-state index is 0.616. The van der Waals surface area contributed by atoms with Crippen LogP contribution in [0, 0.1) is 6.92 Å². The maximum absolute atomic E-state index is 5.36. The third-order valence-corrected chi connectivity index (χ3v) is 5.97. The van der Waals surface area contributed by atoms with Crippen LogP contribution >= 0.6 is 0 Å². The van der Waals surface area contributed by atoms with Gasteiger partial charge in [-0.2, -0.15) is 0 Å². The van der Waals surface area contributed by atoms with Crippen molar-refractivity contribution in [1.82, 2.24) is 20.0 Å². The van der Waals surface area contributed by atoms with Gasteiger partial charge in [0.05, 0.1) is 12.2 Å². The Morgan fingerprint density at radius 2 is 1.81 bits per heavy atom. The Morgan fingerprint density at radius 1 is 1.00 bits per heavy atom. The number of hydrogen-bond acceptors (Lipinski definition) is 6. The lowest BCUT2D eigenvalue weighted by Gasteiger charge is -2.35. The average Bonchev–Trinajstić information content (AvgIpc) is 3.37. The molecule has 3 fully saturated rings. The van der Waals surface area contributed by atoms with E-state index in [0.717, 1.165) is 55.8 Å². The lowest BCUT2D eigenvalue weighted by Crippen LogP contribution is -2.46. The minimum absolute atomic E-state index is 0.616. The monoisotopic (exact) mass is 353 g/mol. The highest BCUT2D eigenvalue weighted by atomic mass is 16.5. The highest BCUT2D eigenvalue weighted by molar-refractivity contribution is 5.42. The van der Waals surface area contributed by atoms with Crippen LogP contribution in [-0.2, 0) is 6.54 Å². The molecule has 0 aromatic carbocycles. The Kier molecular flexibility index (Phi) is 4.15. The van der Waals surface area contributed by atoms with Gasteiger partial charge < -0.3 is 9.42 Å². The summed E-state index contributed by atoms with van der Waals surface area (Å²) in [6, 6.07) is 4.30. The molecule has 0 bridgehead atoms. The molecule has 0 N–H and O–H groups in total. The molecule has 3 aliphatic rings. The Morgan fingerprint density at radius 3 is 2.42 bits per heavy atom. The van der Waals surface area contributed by atoms with Crippen molar-refractivity contribution < 1.29 is 4.52 Å². The molecule has 2 aromatic heterocycles. The van der Waals surface area contributed by atoms with E-state index in [1.807, 2.05) is 13.0 Å². The zero-order chi connectivity index (χ0) is 17.5. The van der Waals surface area contributed by atoms with Crippen molar-refractivity contribution in [3.05, 3.63) is 35.1 Å². The first kappa shape index (κ1) is 16.2. The molecule has 6 nitrogen and oxygen atoms in total. The van der Waals surface area contributed by atoms with Crippen LogP contribution in [0.5, 0.6) is 0 Å². The van der Waals surface area contributed by atoms with Gasteiger partial charge in [-0.3, -0.25) is 4.90 Å². The summed E-state index contributed by atoms with van der Waals surface area (Å²) in [4.78, 5) is 14.7. The molecule has 0 radical (unpaired) electrons. The molecular formula is C20H27N5O. The quantitative estimate of drug-likeness (QED) is 0.822. The number of aromatic nitrogens is 3. The standard InChI is InChI=1S/C20H27N5O/c1-14-11-17(26-23-14)13-24-7-9-25(10-8-24)19-12-18(15-3-2-4-15)21-20(22-19)16-5-6-16/h11-12,15-16H,2-10,13H2,1H3. The summed E-state index contributed by atoms with van der Waals surface area (Å²) >= 11 is 0. The van der Waals surface area contributed by atoms with Gasteiger partial charge in [-0.15, -0.1) is 0 Å². The topological polar surface area (TPSA) is 58.3 Å². The zero-order valence-electron chi connectivity index (χ0n) is 15.5. The van der Waals surface area contributed by atoms with Gasteiger partial charge in [0.1, 0.15) is 11.6 Å². The first-order valence-electron chi connectivity index (χ1n) is 10.0. The molecule has 6 heteroatoms. The Balaban J connectivity index is 1.27. The lowest BCUT2D eigenvalue weighted by molar-refractivity contribution is 0.219. The van der Waals surface area contributed by atoms with Crippen molar-refractivity contribution in [3.8, 4) is 0 Å². The van der Waals surface area contributed by atoms with Gasteiger partial charge in [0, 0.05) is 55.8 Å². The predicted octanol–water partition coefficient (Wildman–Crippen LogP) is 3.24. The van der Waals surface area contributed by atoms with E-state index in [4.69, 9.17) is 14.5 Å². The van der Waals surface area contributed by atoms with Crippen molar-refractivity contribution in [2.24, 2.45) is 0 Å². The second-order valence-corrected chi connectivity index (χ2v) is 8.11. The van der Waals surface area contributed by atoms with Crippen LogP contribution in [0.2, 0.25) is 0 Å². The number of piperazine rings is 1. The van der Waals surface area contributed by atoms with Crippen LogP contribution in [-0.4, -0.2) is 46.2 Å². The molecule has 0 spiro atoms. The smallest absolute Gasteiger partial charge is 0.150 e. The predicted molar refractivity (Wildman–Crippen MR) is 99.3 cm³/mol. The van der Waals surface area contributed by atoms with Gasteiger partial charge in [0.15, 0.2) is 5.76 Å². The number of nitrogens with zero attached hydrogens (tertiary/aromatic N) is 5. The van der Waals surface area contributed by atoms with E-state index < -0.39 is 0 Å². The van der Waals surface area contributed by atoms with Crippen LogP contribution in [0.1, 0.15) is 66.9 Å². The third kappa shape index (κ3) is 3.34. The number of aryl methyl sites for hydroxylation is 1. The first-order valence-corrected chi connectivity index (χ1v) is 10.0. The van der Waals surface area contributed by atoms with E-state index in [1.165, 1.54) is 37.8 Å². The van der Waals surface area contributed by atoms with E-state index in [1.54, 1.807) is 0 Å². The molecule has 0 unspecified atom stereocenters. The number of anilines is 1. The van der Waals surface area contributed by atoms with Crippen LogP contribution < -0.4 is 4.90 Å². The second kappa shape index (κ2) is 6.65. The van der Waals surface area contributed by atoms with Crippen LogP contribution in [0.3, 0.4) is 0 Å². The highest BCUT2D eigenvalue weighted by Crippen LogP contribution is 2.41. The molecule has 1 saturated heterocycles. The zero-order valence-corrected chi connectivity index (χ0v) is 15.5. The van der Waals surface area contributed by atoms with Gasteiger partial charge in [-0.1, -0.05) is 11.6 Å². The summed E-state index contributed by atoms with van der Waals surface area (Å²) in [5.74, 6) is 4.50. The summed E-state index contributed by atoms with van der Waals surface area (Å²) in [6.45, 7) is 6.90. The van der Waals surface area contributed by atoms with E-state index in [9.17, 15) is 0 Å². The average molecular weight is 353 g/mol. The number of rotatable bonds is 5. The number of hydrogen-bond donors (Lipinski definition) is 0. The Bertz CT molecular complexity index is 772.